The first-order chi connectivity index (χ1) is 28.7. The number of anilines is 3. The zero-order valence-corrected chi connectivity index (χ0v) is 32.8. The molecule has 0 atom stereocenters. The number of hydrogen-bond acceptors (Lipinski definition) is 1. The lowest BCUT2D eigenvalue weighted by molar-refractivity contribution is -0.00518. The summed E-state index contributed by atoms with van der Waals surface area (Å²) in [5, 5.41) is 5.05. The van der Waals surface area contributed by atoms with Gasteiger partial charge in [-0.25, -0.2) is 0 Å². The maximum atomic E-state index is 2.52. The number of para-hydroxylation sites is 3. The Balaban J connectivity index is 1.08. The van der Waals surface area contributed by atoms with E-state index in [-0.39, 0.29) is 0 Å². The van der Waals surface area contributed by atoms with Crippen LogP contribution >= 0.6 is 0 Å². The number of benzene rings is 8. The molecular formula is C56H46N2. The predicted molar refractivity (Wildman–Crippen MR) is 244 cm³/mol. The minimum absolute atomic E-state index is 0.350. The summed E-state index contributed by atoms with van der Waals surface area (Å²) in [5.41, 5.74) is 13.9. The van der Waals surface area contributed by atoms with E-state index in [9.17, 15) is 0 Å². The maximum Gasteiger partial charge on any atom is 0.0561 e. The van der Waals surface area contributed by atoms with Gasteiger partial charge >= 0.3 is 0 Å². The number of nitrogens with zero attached hydrogens (tertiary/aromatic N) is 2. The van der Waals surface area contributed by atoms with Gasteiger partial charge in [0.25, 0.3) is 0 Å². The summed E-state index contributed by atoms with van der Waals surface area (Å²) in [5.74, 6) is 2.75. The van der Waals surface area contributed by atoms with E-state index in [1.807, 2.05) is 0 Å². The Morgan fingerprint density at radius 2 is 1.03 bits per heavy atom. The topological polar surface area (TPSA) is 8.17 Å². The van der Waals surface area contributed by atoms with Crippen LogP contribution in [0.5, 0.6) is 0 Å². The summed E-state index contributed by atoms with van der Waals surface area (Å²) in [6.07, 6.45) is 8.50. The largest absolute Gasteiger partial charge is 0.310 e. The number of hydrogen-bond donors (Lipinski definition) is 0. The Morgan fingerprint density at radius 3 is 1.78 bits per heavy atom. The third-order valence-electron chi connectivity index (χ3n) is 14.1. The van der Waals surface area contributed by atoms with Crippen molar-refractivity contribution in [1.82, 2.24) is 4.57 Å². The molecule has 8 aromatic carbocycles. The van der Waals surface area contributed by atoms with Crippen LogP contribution in [0.25, 0.3) is 60.5 Å². The highest BCUT2D eigenvalue weighted by molar-refractivity contribution is 6.11. The molecule has 4 bridgehead atoms. The summed E-state index contributed by atoms with van der Waals surface area (Å²) in [6.45, 7) is 0. The Labute approximate surface area is 341 Å². The molecule has 0 radical (unpaired) electrons. The number of rotatable bonds is 7. The zero-order valence-electron chi connectivity index (χ0n) is 32.8. The molecule has 280 valence electrons. The van der Waals surface area contributed by atoms with Crippen molar-refractivity contribution in [1.29, 1.82) is 0 Å². The molecular weight excluding hydrogens is 701 g/mol. The summed E-state index contributed by atoms with van der Waals surface area (Å²) >= 11 is 0. The zero-order chi connectivity index (χ0) is 38.2. The van der Waals surface area contributed by atoms with E-state index < -0.39 is 0 Å². The Morgan fingerprint density at radius 1 is 0.448 bits per heavy atom. The van der Waals surface area contributed by atoms with Crippen LogP contribution in [0.1, 0.15) is 44.1 Å². The Bertz CT molecular complexity index is 2930. The van der Waals surface area contributed by atoms with Crippen LogP contribution in [-0.2, 0) is 5.41 Å². The van der Waals surface area contributed by atoms with Crippen molar-refractivity contribution in [2.75, 3.05) is 4.90 Å². The molecule has 4 aliphatic carbocycles. The van der Waals surface area contributed by atoms with Gasteiger partial charge < -0.3 is 9.47 Å². The lowest BCUT2D eigenvalue weighted by Gasteiger charge is -2.57. The van der Waals surface area contributed by atoms with Crippen molar-refractivity contribution < 1.29 is 0 Å². The van der Waals surface area contributed by atoms with Gasteiger partial charge in [0.15, 0.2) is 0 Å². The number of aromatic nitrogens is 1. The van der Waals surface area contributed by atoms with Crippen molar-refractivity contribution in [2.45, 2.75) is 43.9 Å². The van der Waals surface area contributed by atoms with E-state index in [0.717, 1.165) is 23.4 Å². The molecule has 2 heteroatoms. The van der Waals surface area contributed by atoms with Gasteiger partial charge in [-0.15, -0.1) is 0 Å². The van der Waals surface area contributed by atoms with Crippen LogP contribution in [0.3, 0.4) is 0 Å². The minimum Gasteiger partial charge on any atom is -0.310 e. The van der Waals surface area contributed by atoms with Crippen molar-refractivity contribution in [3.05, 3.63) is 194 Å². The maximum absolute atomic E-state index is 2.52. The molecule has 1 heterocycles. The molecule has 2 nitrogen and oxygen atoms in total. The first kappa shape index (κ1) is 33.7. The van der Waals surface area contributed by atoms with E-state index in [4.69, 9.17) is 0 Å². The molecule has 1 aromatic heterocycles. The van der Waals surface area contributed by atoms with Crippen molar-refractivity contribution >= 4 is 49.6 Å². The van der Waals surface area contributed by atoms with Crippen LogP contribution in [-0.4, -0.2) is 4.57 Å². The monoisotopic (exact) mass is 746 g/mol. The van der Waals surface area contributed by atoms with Crippen LogP contribution in [0, 0.1) is 17.8 Å². The molecule has 0 spiro atoms. The smallest absolute Gasteiger partial charge is 0.0561 e. The van der Waals surface area contributed by atoms with Crippen molar-refractivity contribution in [3.63, 3.8) is 0 Å². The highest BCUT2D eigenvalue weighted by Crippen LogP contribution is 2.61. The molecule has 0 amide bonds. The normalized spacial score (nSPS) is 20.9. The standard InChI is InChI=1S/C56H46N2/c1-3-13-41(14-4-1)47-21-11-15-42-16-12-22-51(55(42)47)49-20-8-9-23-52(49)57(45-27-25-43(26-28-45)56-35-38-31-39(36-56)33-40(32-38)37-56)46-29-30-50-48-19-7-10-24-53(48)58(54(50)34-46)44-17-5-2-6-18-44/h1-30,34,38-40H,31-33,35-37H2. The Kier molecular flexibility index (Phi) is 7.76. The molecule has 58 heavy (non-hydrogen) atoms. The summed E-state index contributed by atoms with van der Waals surface area (Å²) in [7, 11) is 0. The molecule has 0 unspecified atom stereocenters. The summed E-state index contributed by atoms with van der Waals surface area (Å²) in [6, 6.07) is 70.1. The quantitative estimate of drug-likeness (QED) is 0.158. The molecule has 0 N–H and O–H groups in total. The first-order valence-corrected chi connectivity index (χ1v) is 21.4. The van der Waals surface area contributed by atoms with Crippen LogP contribution in [0.4, 0.5) is 17.1 Å². The lowest BCUT2D eigenvalue weighted by atomic mass is 9.48. The summed E-state index contributed by atoms with van der Waals surface area (Å²) in [4.78, 5) is 2.52. The molecule has 9 aromatic rings. The molecule has 0 saturated heterocycles. The molecule has 4 saturated carbocycles. The van der Waals surface area contributed by atoms with Crippen LogP contribution in [0.15, 0.2) is 188 Å². The first-order valence-electron chi connectivity index (χ1n) is 21.4. The van der Waals surface area contributed by atoms with Crippen molar-refractivity contribution in [3.8, 4) is 27.9 Å². The second-order valence-corrected chi connectivity index (χ2v) is 17.6. The third kappa shape index (κ3) is 5.38. The molecule has 4 aliphatic rings. The highest BCUT2D eigenvalue weighted by Gasteiger charge is 2.51. The van der Waals surface area contributed by atoms with E-state index in [1.54, 1.807) is 5.56 Å². The fourth-order valence-electron chi connectivity index (χ4n) is 12.1. The SMILES string of the molecule is c1ccc(-c2cccc3cccc(-c4ccccc4N(c4ccc(C56CC7CC(CC(C7)C5)C6)cc4)c4ccc5c6ccccc6n(-c6ccccc6)c5c4)c23)cc1. The van der Waals surface area contributed by atoms with Gasteiger partial charge in [-0.05, 0) is 143 Å². The molecule has 13 rings (SSSR count). The fourth-order valence-corrected chi connectivity index (χ4v) is 12.1. The van der Waals surface area contributed by atoms with Gasteiger partial charge in [-0.2, -0.15) is 0 Å². The van der Waals surface area contributed by atoms with Gasteiger partial charge in [0.05, 0.1) is 16.7 Å². The van der Waals surface area contributed by atoms with Crippen molar-refractivity contribution in [2.24, 2.45) is 17.8 Å². The van der Waals surface area contributed by atoms with Gasteiger partial charge in [0.2, 0.25) is 0 Å². The Hall–Kier alpha value is -6.38. The third-order valence-corrected chi connectivity index (χ3v) is 14.1. The van der Waals surface area contributed by atoms with E-state index >= 15 is 0 Å². The second-order valence-electron chi connectivity index (χ2n) is 17.6. The van der Waals surface area contributed by atoms with Gasteiger partial charge in [0.1, 0.15) is 0 Å². The average Bonchev–Trinajstić information content (AvgIpc) is 3.60. The average molecular weight is 747 g/mol. The van der Waals surface area contributed by atoms with Gasteiger partial charge in [0, 0.05) is 33.4 Å². The minimum atomic E-state index is 0.350. The molecule has 0 aliphatic heterocycles. The fraction of sp³-hybridized carbons (Fsp3) is 0.179. The summed E-state index contributed by atoms with van der Waals surface area (Å²) < 4.78 is 2.44. The highest BCUT2D eigenvalue weighted by atomic mass is 15.1. The van der Waals surface area contributed by atoms with Crippen LogP contribution in [0.2, 0.25) is 0 Å². The van der Waals surface area contributed by atoms with E-state index in [1.165, 1.54) is 110 Å². The van der Waals surface area contributed by atoms with Gasteiger partial charge in [-0.1, -0.05) is 140 Å². The second kappa shape index (κ2) is 13.4. The van der Waals surface area contributed by atoms with Gasteiger partial charge in [-0.3, -0.25) is 0 Å². The lowest BCUT2D eigenvalue weighted by Crippen LogP contribution is -2.48. The number of fused-ring (bicyclic) bond motifs is 4. The van der Waals surface area contributed by atoms with E-state index in [2.05, 4.69) is 198 Å². The molecule has 4 fully saturated rings. The predicted octanol–water partition coefficient (Wildman–Crippen LogP) is 15.2. The van der Waals surface area contributed by atoms with Crippen LogP contribution < -0.4 is 4.90 Å². The van der Waals surface area contributed by atoms with E-state index in [0.29, 0.717) is 5.41 Å².